The first-order chi connectivity index (χ1) is 13.6. The zero-order valence-electron chi connectivity index (χ0n) is 15.7. The van der Waals surface area contributed by atoms with Crippen LogP contribution in [0.25, 0.3) is 5.69 Å². The highest BCUT2D eigenvalue weighted by Crippen LogP contribution is 2.29. The average Bonchev–Trinajstić information content (AvgIpc) is 3.42. The second-order valence-corrected chi connectivity index (χ2v) is 7.58. The van der Waals surface area contributed by atoms with Gasteiger partial charge in [0.2, 0.25) is 0 Å². The van der Waals surface area contributed by atoms with E-state index in [4.69, 9.17) is 16.3 Å². The van der Waals surface area contributed by atoms with Gasteiger partial charge in [-0.15, -0.1) is 0 Å². The summed E-state index contributed by atoms with van der Waals surface area (Å²) in [5, 5.41) is 7.92. The number of amides is 1. The first kappa shape index (κ1) is 18.7. The van der Waals surface area contributed by atoms with Gasteiger partial charge in [-0.05, 0) is 61.6 Å². The molecule has 3 aromatic rings. The van der Waals surface area contributed by atoms with Crippen molar-refractivity contribution >= 4 is 23.2 Å². The van der Waals surface area contributed by atoms with Crippen LogP contribution in [0.2, 0.25) is 5.02 Å². The number of rotatable bonds is 7. The number of carbonyl (C=O) groups is 1. The molecule has 1 aromatic heterocycles. The van der Waals surface area contributed by atoms with Crippen molar-refractivity contribution in [1.82, 2.24) is 9.78 Å². The van der Waals surface area contributed by atoms with Gasteiger partial charge in [0, 0.05) is 17.3 Å². The smallest absolute Gasteiger partial charge is 0.259 e. The van der Waals surface area contributed by atoms with Gasteiger partial charge in [-0.2, -0.15) is 5.10 Å². The second-order valence-electron chi connectivity index (χ2n) is 7.15. The minimum absolute atomic E-state index is 0.193. The maximum absolute atomic E-state index is 12.7. The number of carbonyl (C=O) groups excluding carboxylic acids is 1. The Balaban J connectivity index is 1.45. The van der Waals surface area contributed by atoms with Crippen LogP contribution in [0.4, 0.5) is 5.69 Å². The van der Waals surface area contributed by atoms with E-state index < -0.39 is 0 Å². The predicted molar refractivity (Wildman–Crippen MR) is 110 cm³/mol. The van der Waals surface area contributed by atoms with E-state index in [9.17, 15) is 4.79 Å². The zero-order chi connectivity index (χ0) is 19.5. The number of hydrogen-bond acceptors (Lipinski definition) is 3. The van der Waals surface area contributed by atoms with Crippen LogP contribution >= 0.6 is 11.6 Å². The van der Waals surface area contributed by atoms with Gasteiger partial charge >= 0.3 is 0 Å². The van der Waals surface area contributed by atoms with E-state index in [1.54, 1.807) is 16.9 Å². The van der Waals surface area contributed by atoms with Gasteiger partial charge in [-0.1, -0.05) is 29.8 Å². The van der Waals surface area contributed by atoms with Crippen LogP contribution in [0.5, 0.6) is 0 Å². The second kappa shape index (κ2) is 8.17. The molecule has 1 heterocycles. The van der Waals surface area contributed by atoms with Crippen LogP contribution in [0.3, 0.4) is 0 Å². The SMILES string of the molecule is Cc1c(C(=O)Nc2cccc(COCC3CC3)c2)cnn1-c1cccc(Cl)c1. The first-order valence-corrected chi connectivity index (χ1v) is 9.76. The Labute approximate surface area is 169 Å². The molecule has 2 aromatic carbocycles. The molecule has 0 aliphatic heterocycles. The number of nitrogens with one attached hydrogen (secondary N) is 1. The third kappa shape index (κ3) is 4.43. The van der Waals surface area contributed by atoms with Crippen LogP contribution < -0.4 is 5.32 Å². The lowest BCUT2D eigenvalue weighted by Gasteiger charge is -2.09. The summed E-state index contributed by atoms with van der Waals surface area (Å²) in [6.07, 6.45) is 4.13. The monoisotopic (exact) mass is 395 g/mol. The predicted octanol–water partition coefficient (Wildman–Crippen LogP) is 5.01. The Kier molecular flexibility index (Phi) is 5.46. The summed E-state index contributed by atoms with van der Waals surface area (Å²) in [6.45, 7) is 3.25. The minimum Gasteiger partial charge on any atom is -0.376 e. The van der Waals surface area contributed by atoms with E-state index in [1.165, 1.54) is 12.8 Å². The van der Waals surface area contributed by atoms with E-state index >= 15 is 0 Å². The first-order valence-electron chi connectivity index (χ1n) is 9.39. The summed E-state index contributed by atoms with van der Waals surface area (Å²) in [5.74, 6) is 0.545. The lowest BCUT2D eigenvalue weighted by Crippen LogP contribution is -2.13. The molecule has 6 heteroatoms. The third-order valence-electron chi connectivity index (χ3n) is 4.81. The Morgan fingerprint density at radius 3 is 2.86 bits per heavy atom. The number of nitrogens with zero attached hydrogens (tertiary/aromatic N) is 2. The quantitative estimate of drug-likeness (QED) is 0.611. The number of anilines is 1. The summed E-state index contributed by atoms with van der Waals surface area (Å²) in [5.41, 5.74) is 3.88. The summed E-state index contributed by atoms with van der Waals surface area (Å²) in [6, 6.07) is 15.1. The highest BCUT2D eigenvalue weighted by atomic mass is 35.5. The van der Waals surface area contributed by atoms with E-state index in [2.05, 4.69) is 10.4 Å². The van der Waals surface area contributed by atoms with Crippen molar-refractivity contribution in [2.75, 3.05) is 11.9 Å². The largest absolute Gasteiger partial charge is 0.376 e. The fourth-order valence-corrected chi connectivity index (χ4v) is 3.25. The molecule has 1 aliphatic carbocycles. The molecule has 28 heavy (non-hydrogen) atoms. The lowest BCUT2D eigenvalue weighted by atomic mass is 10.2. The Hall–Kier alpha value is -2.63. The molecule has 1 saturated carbocycles. The Morgan fingerprint density at radius 1 is 1.25 bits per heavy atom. The molecule has 1 fully saturated rings. The maximum Gasteiger partial charge on any atom is 0.259 e. The molecule has 0 saturated heterocycles. The number of ether oxygens (including phenoxy) is 1. The van der Waals surface area contributed by atoms with E-state index in [1.807, 2.05) is 49.4 Å². The molecule has 4 rings (SSSR count). The van der Waals surface area contributed by atoms with Crippen molar-refractivity contribution in [3.8, 4) is 5.69 Å². The zero-order valence-corrected chi connectivity index (χ0v) is 16.4. The van der Waals surface area contributed by atoms with E-state index in [0.717, 1.165) is 35.2 Å². The fraction of sp³-hybridized carbons (Fsp3) is 0.273. The average molecular weight is 396 g/mol. The molecular weight excluding hydrogens is 374 g/mol. The highest BCUT2D eigenvalue weighted by molar-refractivity contribution is 6.30. The van der Waals surface area contributed by atoms with E-state index in [0.29, 0.717) is 17.2 Å². The van der Waals surface area contributed by atoms with Gasteiger partial charge in [0.05, 0.1) is 29.7 Å². The normalized spacial score (nSPS) is 13.5. The molecule has 0 unspecified atom stereocenters. The fourth-order valence-electron chi connectivity index (χ4n) is 3.07. The summed E-state index contributed by atoms with van der Waals surface area (Å²) in [7, 11) is 0. The van der Waals surface area contributed by atoms with Gasteiger partial charge < -0.3 is 10.1 Å². The standard InChI is InChI=1S/C22H22ClN3O2/c1-15-21(12-24-26(15)20-7-3-5-18(23)11-20)22(27)25-19-6-2-4-17(10-19)14-28-13-16-8-9-16/h2-7,10-12,16H,8-9,13-14H2,1H3,(H,25,27). The van der Waals surface area contributed by atoms with Crippen molar-refractivity contribution in [1.29, 1.82) is 0 Å². The third-order valence-corrected chi connectivity index (χ3v) is 5.05. The van der Waals surface area contributed by atoms with Crippen LogP contribution in [0, 0.1) is 12.8 Å². The highest BCUT2D eigenvalue weighted by Gasteiger charge is 2.21. The van der Waals surface area contributed by atoms with Gasteiger partial charge in [-0.3, -0.25) is 4.79 Å². The minimum atomic E-state index is -0.193. The maximum atomic E-state index is 12.7. The van der Waals surface area contributed by atoms with Gasteiger partial charge in [0.1, 0.15) is 0 Å². The van der Waals surface area contributed by atoms with Crippen LogP contribution in [0.15, 0.2) is 54.7 Å². The van der Waals surface area contributed by atoms with Crippen molar-refractivity contribution < 1.29 is 9.53 Å². The van der Waals surface area contributed by atoms with E-state index in [-0.39, 0.29) is 5.91 Å². The number of aromatic nitrogens is 2. The van der Waals surface area contributed by atoms with Crippen molar-refractivity contribution in [3.63, 3.8) is 0 Å². The molecule has 0 bridgehead atoms. The number of benzene rings is 2. The molecule has 0 spiro atoms. The number of halogens is 1. The summed E-state index contributed by atoms with van der Waals surface area (Å²) in [4.78, 5) is 12.7. The van der Waals surface area contributed by atoms with Gasteiger partial charge in [0.25, 0.3) is 5.91 Å². The van der Waals surface area contributed by atoms with Crippen molar-refractivity contribution in [3.05, 3.63) is 76.6 Å². The van der Waals surface area contributed by atoms with Crippen LogP contribution in [-0.4, -0.2) is 22.3 Å². The molecule has 1 aliphatic rings. The van der Waals surface area contributed by atoms with Gasteiger partial charge in [-0.25, -0.2) is 4.68 Å². The van der Waals surface area contributed by atoms with Gasteiger partial charge in [0.15, 0.2) is 0 Å². The van der Waals surface area contributed by atoms with Crippen LogP contribution in [0.1, 0.15) is 34.5 Å². The topological polar surface area (TPSA) is 56.1 Å². The lowest BCUT2D eigenvalue weighted by molar-refractivity contribution is 0.102. The molecule has 1 amide bonds. The van der Waals surface area contributed by atoms with Crippen LogP contribution in [-0.2, 0) is 11.3 Å². The van der Waals surface area contributed by atoms with Crippen molar-refractivity contribution in [2.45, 2.75) is 26.4 Å². The Bertz CT molecular complexity index is 995. The molecular formula is C22H22ClN3O2. The molecule has 1 N–H and O–H groups in total. The summed E-state index contributed by atoms with van der Waals surface area (Å²) >= 11 is 6.06. The molecule has 5 nitrogen and oxygen atoms in total. The number of hydrogen-bond donors (Lipinski definition) is 1. The summed E-state index contributed by atoms with van der Waals surface area (Å²) < 4.78 is 7.44. The molecule has 144 valence electrons. The Morgan fingerprint density at radius 2 is 2.07 bits per heavy atom. The molecule has 0 atom stereocenters. The molecule has 0 radical (unpaired) electrons. The van der Waals surface area contributed by atoms with Crippen molar-refractivity contribution in [2.24, 2.45) is 5.92 Å².